The first kappa shape index (κ1) is 18.8. The Labute approximate surface area is 150 Å². The van der Waals surface area contributed by atoms with Crippen molar-refractivity contribution in [2.75, 3.05) is 7.11 Å². The van der Waals surface area contributed by atoms with Crippen LogP contribution >= 0.6 is 0 Å². The molecule has 25 heavy (non-hydrogen) atoms. The lowest BCUT2D eigenvalue weighted by Gasteiger charge is -2.19. The molecule has 0 amide bonds. The lowest BCUT2D eigenvalue weighted by Crippen LogP contribution is -2.25. The van der Waals surface area contributed by atoms with E-state index in [9.17, 15) is 4.79 Å². The van der Waals surface area contributed by atoms with Gasteiger partial charge in [0, 0.05) is 5.92 Å². The second-order valence-corrected chi connectivity index (χ2v) is 7.06. The highest BCUT2D eigenvalue weighted by Gasteiger charge is 2.24. The molecular weight excluding hydrogens is 312 g/mol. The molecule has 2 aromatic rings. The minimum absolute atomic E-state index is 0.150. The smallest absolute Gasteiger partial charge is 0.316 e. The Morgan fingerprint density at radius 3 is 2.32 bits per heavy atom. The predicted molar refractivity (Wildman–Crippen MR) is 101 cm³/mol. The molecule has 0 fully saturated rings. The average Bonchev–Trinajstić information content (AvgIpc) is 2.59. The van der Waals surface area contributed by atoms with E-state index in [0.717, 1.165) is 17.7 Å². The average molecular weight is 338 g/mol. The van der Waals surface area contributed by atoms with Gasteiger partial charge in [-0.25, -0.2) is 0 Å². The third-order valence-corrected chi connectivity index (χ3v) is 4.00. The van der Waals surface area contributed by atoms with E-state index in [1.165, 1.54) is 5.56 Å². The maximum absolute atomic E-state index is 12.1. The molecule has 0 saturated carbocycles. The molecule has 0 spiro atoms. The van der Waals surface area contributed by atoms with Gasteiger partial charge in [-0.1, -0.05) is 30.3 Å². The van der Waals surface area contributed by atoms with Gasteiger partial charge in [0.2, 0.25) is 0 Å². The fraction of sp³-hybridized carbons (Fsp3) is 0.318. The van der Waals surface area contributed by atoms with Crippen LogP contribution in [0.2, 0.25) is 0 Å². The summed E-state index contributed by atoms with van der Waals surface area (Å²) in [6.07, 6.45) is 2.70. The van der Waals surface area contributed by atoms with Crippen LogP contribution < -0.4 is 9.47 Å². The monoisotopic (exact) mass is 338 g/mol. The van der Waals surface area contributed by atoms with E-state index in [0.29, 0.717) is 5.75 Å². The molecule has 1 unspecified atom stereocenters. The molecule has 0 aromatic heterocycles. The van der Waals surface area contributed by atoms with Crippen LogP contribution in [0.3, 0.4) is 0 Å². The number of methoxy groups -OCH3 is 1. The number of carbonyl (C=O) groups excluding carboxylic acids is 1. The van der Waals surface area contributed by atoms with Gasteiger partial charge in [0.05, 0.1) is 12.5 Å². The molecular formula is C22H26O3. The Balaban J connectivity index is 2.30. The highest BCUT2D eigenvalue weighted by Crippen LogP contribution is 2.32. The zero-order valence-electron chi connectivity index (χ0n) is 15.4. The Hall–Kier alpha value is -2.55. The fourth-order valence-corrected chi connectivity index (χ4v) is 2.52. The van der Waals surface area contributed by atoms with E-state index in [1.807, 2.05) is 63.2 Å². The summed E-state index contributed by atoms with van der Waals surface area (Å²) in [6.45, 7) is 9.41. The largest absolute Gasteiger partial charge is 0.497 e. The molecule has 0 aliphatic rings. The van der Waals surface area contributed by atoms with Crippen LogP contribution in [0.4, 0.5) is 0 Å². The summed E-state index contributed by atoms with van der Waals surface area (Å²) >= 11 is 0. The van der Waals surface area contributed by atoms with Gasteiger partial charge < -0.3 is 9.47 Å². The van der Waals surface area contributed by atoms with Crippen LogP contribution in [-0.4, -0.2) is 13.1 Å². The molecule has 132 valence electrons. The summed E-state index contributed by atoms with van der Waals surface area (Å²) in [5.41, 5.74) is 1.72. The quantitative estimate of drug-likeness (QED) is 0.404. The predicted octanol–water partition coefficient (Wildman–Crippen LogP) is 5.35. The van der Waals surface area contributed by atoms with E-state index in [1.54, 1.807) is 7.11 Å². The molecule has 0 N–H and O–H groups in total. The van der Waals surface area contributed by atoms with E-state index in [4.69, 9.17) is 9.47 Å². The second kappa shape index (κ2) is 8.02. The van der Waals surface area contributed by atoms with Crippen LogP contribution in [-0.2, 0) is 4.79 Å². The number of ether oxygens (including phenoxy) is 2. The molecule has 2 rings (SSSR count). The number of hydrogen-bond donors (Lipinski definition) is 0. The first-order valence-electron chi connectivity index (χ1n) is 8.42. The second-order valence-electron chi connectivity index (χ2n) is 7.06. The molecule has 2 aromatic carbocycles. The summed E-state index contributed by atoms with van der Waals surface area (Å²) in [6, 6.07) is 15.7. The number of rotatable bonds is 6. The Bertz CT molecular complexity index is 724. The van der Waals surface area contributed by atoms with Crippen molar-refractivity contribution in [3.63, 3.8) is 0 Å². The van der Waals surface area contributed by atoms with Crippen LogP contribution in [0.25, 0.3) is 0 Å². The van der Waals surface area contributed by atoms with Crippen molar-refractivity contribution in [3.05, 3.63) is 72.3 Å². The highest BCUT2D eigenvalue weighted by atomic mass is 16.5. The van der Waals surface area contributed by atoms with Gasteiger partial charge in [-0.2, -0.15) is 0 Å². The topological polar surface area (TPSA) is 35.5 Å². The fourth-order valence-electron chi connectivity index (χ4n) is 2.52. The van der Waals surface area contributed by atoms with Crippen molar-refractivity contribution in [1.29, 1.82) is 0 Å². The first-order valence-corrected chi connectivity index (χ1v) is 8.42. The number of carbonyl (C=O) groups is 1. The molecule has 0 radical (unpaired) electrons. The minimum Gasteiger partial charge on any atom is -0.497 e. The minimum atomic E-state index is -0.535. The maximum Gasteiger partial charge on any atom is 0.316 e. The molecule has 3 nitrogen and oxygen atoms in total. The molecule has 1 atom stereocenters. The lowest BCUT2D eigenvalue weighted by molar-refractivity contribution is -0.143. The zero-order valence-corrected chi connectivity index (χ0v) is 15.4. The van der Waals surface area contributed by atoms with Crippen molar-refractivity contribution in [3.8, 4) is 11.5 Å². The van der Waals surface area contributed by atoms with Gasteiger partial charge in [0.15, 0.2) is 0 Å². The summed E-state index contributed by atoms with van der Waals surface area (Å²) in [7, 11) is 1.66. The van der Waals surface area contributed by atoms with Gasteiger partial charge in [-0.15, -0.1) is 6.58 Å². The van der Waals surface area contributed by atoms with Crippen LogP contribution in [0.5, 0.6) is 11.5 Å². The van der Waals surface area contributed by atoms with E-state index in [-0.39, 0.29) is 11.9 Å². The summed E-state index contributed by atoms with van der Waals surface area (Å²) in [5, 5.41) is 0. The SMILES string of the molecule is C=CCC(c1ccc(OC)cc1)c1cccc(OC(=O)C(C)(C)C)c1. The van der Waals surface area contributed by atoms with Gasteiger partial charge in [0.25, 0.3) is 0 Å². The van der Waals surface area contributed by atoms with Crippen LogP contribution in [0.15, 0.2) is 61.2 Å². The van der Waals surface area contributed by atoms with E-state index < -0.39 is 5.41 Å². The van der Waals surface area contributed by atoms with Crippen LogP contribution in [0.1, 0.15) is 44.2 Å². The molecule has 0 heterocycles. The third kappa shape index (κ3) is 4.96. The van der Waals surface area contributed by atoms with Crippen molar-refractivity contribution < 1.29 is 14.3 Å². The number of benzene rings is 2. The molecule has 0 aliphatic carbocycles. The Kier molecular flexibility index (Phi) is 6.02. The van der Waals surface area contributed by atoms with Crippen molar-refractivity contribution >= 4 is 5.97 Å². The molecule has 0 bridgehead atoms. The molecule has 0 aliphatic heterocycles. The van der Waals surface area contributed by atoms with Gasteiger partial charge in [-0.05, 0) is 62.6 Å². The summed E-state index contributed by atoms with van der Waals surface area (Å²) in [4.78, 5) is 12.1. The van der Waals surface area contributed by atoms with Crippen molar-refractivity contribution in [2.24, 2.45) is 5.41 Å². The molecule has 3 heteroatoms. The standard InChI is InChI=1S/C22H26O3/c1-6-8-20(16-11-13-18(24-5)14-12-16)17-9-7-10-19(15-17)25-21(23)22(2,3)4/h6-7,9-15,20H,1,8H2,2-5H3. The van der Waals surface area contributed by atoms with Crippen molar-refractivity contribution in [2.45, 2.75) is 33.1 Å². The number of hydrogen-bond acceptors (Lipinski definition) is 3. The lowest BCUT2D eigenvalue weighted by atomic mass is 9.88. The van der Waals surface area contributed by atoms with E-state index in [2.05, 4.69) is 18.7 Å². The Morgan fingerprint density at radius 2 is 1.76 bits per heavy atom. The summed E-state index contributed by atoms with van der Waals surface area (Å²) in [5.74, 6) is 1.31. The van der Waals surface area contributed by atoms with Gasteiger partial charge >= 0.3 is 5.97 Å². The highest BCUT2D eigenvalue weighted by molar-refractivity contribution is 5.77. The molecule has 0 saturated heterocycles. The first-order chi connectivity index (χ1) is 11.8. The maximum atomic E-state index is 12.1. The van der Waals surface area contributed by atoms with Crippen LogP contribution in [0, 0.1) is 5.41 Å². The number of esters is 1. The normalized spacial score (nSPS) is 12.3. The van der Waals surface area contributed by atoms with Crippen molar-refractivity contribution in [1.82, 2.24) is 0 Å². The van der Waals surface area contributed by atoms with Gasteiger partial charge in [0.1, 0.15) is 11.5 Å². The third-order valence-electron chi connectivity index (χ3n) is 4.00. The Morgan fingerprint density at radius 1 is 1.08 bits per heavy atom. The number of allylic oxidation sites excluding steroid dienone is 1. The van der Waals surface area contributed by atoms with Gasteiger partial charge in [-0.3, -0.25) is 4.79 Å². The van der Waals surface area contributed by atoms with E-state index >= 15 is 0 Å². The zero-order chi connectivity index (χ0) is 18.4. The summed E-state index contributed by atoms with van der Waals surface area (Å²) < 4.78 is 10.8.